The van der Waals surface area contributed by atoms with Crippen molar-refractivity contribution in [3.8, 4) is 0 Å². The van der Waals surface area contributed by atoms with Crippen LogP contribution in [0.2, 0.25) is 0 Å². The van der Waals surface area contributed by atoms with Crippen molar-refractivity contribution < 1.29 is 19.1 Å². The van der Waals surface area contributed by atoms with Crippen molar-refractivity contribution in [1.82, 2.24) is 0 Å². The summed E-state index contributed by atoms with van der Waals surface area (Å²) in [5, 5.41) is 1.49. The number of hydrogen-bond acceptors (Lipinski definition) is 5. The Balaban J connectivity index is 1.76. The Kier molecular flexibility index (Phi) is 4.85. The van der Waals surface area contributed by atoms with Crippen LogP contribution in [0.4, 0.5) is 5.69 Å². The van der Waals surface area contributed by atoms with Gasteiger partial charge in [0.05, 0.1) is 23.3 Å². The van der Waals surface area contributed by atoms with Crippen LogP contribution < -0.4 is 4.90 Å². The molecule has 0 bridgehead atoms. The van der Waals surface area contributed by atoms with E-state index in [1.54, 1.807) is 13.0 Å². The van der Waals surface area contributed by atoms with Crippen molar-refractivity contribution >= 4 is 46.0 Å². The van der Waals surface area contributed by atoms with Gasteiger partial charge in [0, 0.05) is 6.42 Å². The fourth-order valence-corrected chi connectivity index (χ4v) is 3.62. The lowest BCUT2D eigenvalue weighted by molar-refractivity contribution is -0.139. The number of rotatable bonds is 5. The monoisotopic (exact) mass is 343 g/mol. The van der Waals surface area contributed by atoms with Crippen molar-refractivity contribution in [2.75, 3.05) is 17.3 Å². The number of benzene rings is 2. The Labute approximate surface area is 144 Å². The maximum absolute atomic E-state index is 12.6. The van der Waals surface area contributed by atoms with E-state index in [0.29, 0.717) is 12.3 Å². The third-order valence-electron chi connectivity index (χ3n) is 3.80. The molecule has 0 spiro atoms. The molecule has 1 atom stereocenters. The molecule has 1 saturated heterocycles. The maximum Gasteiger partial charge on any atom is 0.315 e. The number of carbonyl (C=O) groups is 3. The number of hydrogen-bond donors (Lipinski definition) is 0. The summed E-state index contributed by atoms with van der Waals surface area (Å²) < 4.78 is 4.85. The quantitative estimate of drug-likeness (QED) is 0.617. The van der Waals surface area contributed by atoms with E-state index < -0.39 is 5.25 Å². The van der Waals surface area contributed by atoms with Crippen molar-refractivity contribution in [1.29, 1.82) is 0 Å². The van der Waals surface area contributed by atoms with Gasteiger partial charge >= 0.3 is 5.97 Å². The normalized spacial score (nSPS) is 17.5. The molecule has 124 valence electrons. The minimum absolute atomic E-state index is 0.0725. The van der Waals surface area contributed by atoms with Gasteiger partial charge in [-0.05, 0) is 29.8 Å². The molecule has 1 fully saturated rings. The molecule has 0 N–H and O–H groups in total. The maximum atomic E-state index is 12.6. The van der Waals surface area contributed by atoms with Crippen LogP contribution in [-0.4, -0.2) is 35.4 Å². The number of ether oxygens (including phenoxy) is 1. The molecule has 2 aromatic rings. The highest BCUT2D eigenvalue weighted by Crippen LogP contribution is 2.31. The van der Waals surface area contributed by atoms with Crippen molar-refractivity contribution in [3.63, 3.8) is 0 Å². The number of thioether (sulfide) groups is 1. The molecular formula is C18H17NO4S. The number of amides is 2. The van der Waals surface area contributed by atoms with Crippen molar-refractivity contribution in [2.45, 2.75) is 18.6 Å². The lowest BCUT2D eigenvalue weighted by Crippen LogP contribution is -2.31. The first-order valence-corrected chi connectivity index (χ1v) is 8.78. The Morgan fingerprint density at radius 1 is 1.21 bits per heavy atom. The molecule has 1 aliphatic heterocycles. The molecule has 1 heterocycles. The molecule has 0 aliphatic carbocycles. The fraction of sp³-hybridized carbons (Fsp3) is 0.278. The van der Waals surface area contributed by atoms with Gasteiger partial charge in [0.1, 0.15) is 0 Å². The molecule has 1 unspecified atom stereocenters. The molecule has 3 rings (SSSR count). The molecule has 6 heteroatoms. The first kappa shape index (κ1) is 16.5. The number of nitrogens with zero attached hydrogens (tertiary/aromatic N) is 1. The first-order valence-electron chi connectivity index (χ1n) is 7.73. The van der Waals surface area contributed by atoms with Crippen LogP contribution >= 0.6 is 11.8 Å². The Hall–Kier alpha value is -2.34. The SMILES string of the molecule is CCOC(=O)CSC1CC(=O)N(c2ccc3ccccc3c2)C1=O. The van der Waals surface area contributed by atoms with Crippen LogP contribution in [-0.2, 0) is 19.1 Å². The van der Waals surface area contributed by atoms with Gasteiger partial charge in [-0.15, -0.1) is 11.8 Å². The number of carbonyl (C=O) groups excluding carboxylic acids is 3. The van der Waals surface area contributed by atoms with E-state index in [0.717, 1.165) is 22.5 Å². The smallest absolute Gasteiger partial charge is 0.315 e. The van der Waals surface area contributed by atoms with E-state index in [-0.39, 0.29) is 30.0 Å². The lowest BCUT2D eigenvalue weighted by Gasteiger charge is -2.15. The second-order valence-electron chi connectivity index (χ2n) is 5.41. The zero-order chi connectivity index (χ0) is 17.1. The predicted octanol–water partition coefficient (Wildman–Crippen LogP) is 2.77. The summed E-state index contributed by atoms with van der Waals surface area (Å²) in [6.45, 7) is 2.04. The number of imide groups is 1. The topological polar surface area (TPSA) is 63.7 Å². The van der Waals surface area contributed by atoms with Crippen LogP contribution in [0.3, 0.4) is 0 Å². The van der Waals surface area contributed by atoms with Gasteiger partial charge in [0.2, 0.25) is 11.8 Å². The number of anilines is 1. The lowest BCUT2D eigenvalue weighted by atomic mass is 10.1. The highest BCUT2D eigenvalue weighted by atomic mass is 32.2. The molecule has 1 aliphatic rings. The fourth-order valence-electron chi connectivity index (χ4n) is 2.69. The number of fused-ring (bicyclic) bond motifs is 1. The molecule has 2 aromatic carbocycles. The summed E-state index contributed by atoms with van der Waals surface area (Å²) in [6.07, 6.45) is 0.107. The minimum atomic E-state index is -0.534. The van der Waals surface area contributed by atoms with Crippen LogP contribution in [0.1, 0.15) is 13.3 Å². The predicted molar refractivity (Wildman–Crippen MR) is 93.9 cm³/mol. The van der Waals surface area contributed by atoms with Gasteiger partial charge in [-0.25, -0.2) is 4.90 Å². The zero-order valence-electron chi connectivity index (χ0n) is 13.2. The van der Waals surface area contributed by atoms with E-state index >= 15 is 0 Å². The van der Waals surface area contributed by atoms with Crippen molar-refractivity contribution in [2.24, 2.45) is 0 Å². The third-order valence-corrected chi connectivity index (χ3v) is 4.98. The van der Waals surface area contributed by atoms with E-state index in [4.69, 9.17) is 4.74 Å². The van der Waals surface area contributed by atoms with Gasteiger partial charge in [-0.3, -0.25) is 14.4 Å². The highest BCUT2D eigenvalue weighted by molar-refractivity contribution is 8.01. The van der Waals surface area contributed by atoms with Gasteiger partial charge in [-0.2, -0.15) is 0 Å². The largest absolute Gasteiger partial charge is 0.465 e. The van der Waals surface area contributed by atoms with Gasteiger partial charge < -0.3 is 4.74 Å². The van der Waals surface area contributed by atoms with E-state index in [1.807, 2.05) is 36.4 Å². The van der Waals surface area contributed by atoms with Crippen LogP contribution in [0.25, 0.3) is 10.8 Å². The average Bonchev–Trinajstić information content (AvgIpc) is 2.86. The Morgan fingerprint density at radius 3 is 2.71 bits per heavy atom. The summed E-state index contributed by atoms with van der Waals surface area (Å²) in [5.41, 5.74) is 0.572. The van der Waals surface area contributed by atoms with Crippen LogP contribution in [0.15, 0.2) is 42.5 Å². The standard InChI is InChI=1S/C18H17NO4S/c1-2-23-17(21)11-24-15-10-16(20)19(18(15)22)14-8-7-12-5-3-4-6-13(12)9-14/h3-9,15H,2,10-11H2,1H3. The second kappa shape index (κ2) is 7.05. The van der Waals surface area contributed by atoms with Crippen LogP contribution in [0.5, 0.6) is 0 Å². The number of esters is 1. The summed E-state index contributed by atoms with van der Waals surface area (Å²) in [7, 11) is 0. The summed E-state index contributed by atoms with van der Waals surface area (Å²) in [5.74, 6) is -0.809. The summed E-state index contributed by atoms with van der Waals surface area (Å²) >= 11 is 1.16. The minimum Gasteiger partial charge on any atom is -0.465 e. The summed E-state index contributed by atoms with van der Waals surface area (Å²) in [4.78, 5) is 37.5. The van der Waals surface area contributed by atoms with E-state index in [2.05, 4.69) is 0 Å². The van der Waals surface area contributed by atoms with E-state index in [9.17, 15) is 14.4 Å². The second-order valence-corrected chi connectivity index (χ2v) is 6.60. The molecule has 0 saturated carbocycles. The molecule has 0 radical (unpaired) electrons. The Morgan fingerprint density at radius 2 is 1.96 bits per heavy atom. The zero-order valence-corrected chi connectivity index (χ0v) is 14.0. The molecular weight excluding hydrogens is 326 g/mol. The van der Waals surface area contributed by atoms with Crippen LogP contribution in [0, 0.1) is 0 Å². The van der Waals surface area contributed by atoms with Gasteiger partial charge in [-0.1, -0.05) is 30.3 Å². The summed E-state index contributed by atoms with van der Waals surface area (Å²) in [6, 6.07) is 13.3. The third kappa shape index (κ3) is 3.28. The highest BCUT2D eigenvalue weighted by Gasteiger charge is 2.40. The molecule has 5 nitrogen and oxygen atoms in total. The molecule has 0 aromatic heterocycles. The Bertz CT molecular complexity index is 804. The van der Waals surface area contributed by atoms with Crippen molar-refractivity contribution in [3.05, 3.63) is 42.5 Å². The van der Waals surface area contributed by atoms with E-state index in [1.165, 1.54) is 4.90 Å². The van der Waals surface area contributed by atoms with Gasteiger partial charge in [0.15, 0.2) is 0 Å². The average molecular weight is 343 g/mol. The molecule has 24 heavy (non-hydrogen) atoms. The molecule has 2 amide bonds. The first-order chi connectivity index (χ1) is 11.6. The van der Waals surface area contributed by atoms with Gasteiger partial charge in [0.25, 0.3) is 0 Å².